The van der Waals surface area contributed by atoms with Gasteiger partial charge in [-0.1, -0.05) is 99.6 Å². The molecule has 0 radical (unpaired) electrons. The van der Waals surface area contributed by atoms with Crippen LogP contribution in [0.25, 0.3) is 11.6 Å². The third-order valence-electron chi connectivity index (χ3n) is 4.34. The predicted octanol–water partition coefficient (Wildman–Crippen LogP) is 6.26. The van der Waals surface area contributed by atoms with E-state index in [4.69, 9.17) is 0 Å². The van der Waals surface area contributed by atoms with Crippen LogP contribution in [-0.4, -0.2) is 5.91 Å². The monoisotopic (exact) mass is 355 g/mol. The largest absolute Gasteiger partial charge is 0.325 e. The second-order valence-corrected chi connectivity index (χ2v) is 7.58. The van der Waals surface area contributed by atoms with E-state index in [0.29, 0.717) is 0 Å². The number of carbonyl (C=O) groups excluding carboxylic acids is 1. The number of carbonyl (C=O) groups is 1. The Morgan fingerprint density at radius 2 is 1.33 bits per heavy atom. The first-order chi connectivity index (χ1) is 12.9. The second kappa shape index (κ2) is 8.05. The molecule has 27 heavy (non-hydrogen) atoms. The molecule has 0 aliphatic heterocycles. The maximum atomic E-state index is 12.6. The van der Waals surface area contributed by atoms with Crippen molar-refractivity contribution in [3.63, 3.8) is 0 Å². The van der Waals surface area contributed by atoms with E-state index in [-0.39, 0.29) is 5.91 Å². The van der Waals surface area contributed by atoms with Crippen LogP contribution in [0.2, 0.25) is 0 Å². The Balaban J connectivity index is 2.11. The normalized spacial score (nSPS) is 11.9. The van der Waals surface area contributed by atoms with Gasteiger partial charge in [-0.15, -0.1) is 0 Å². The molecule has 0 unspecified atom stereocenters. The minimum atomic E-state index is -0.455. The molecule has 1 N–H and O–H groups in total. The number of amides is 1. The minimum Gasteiger partial charge on any atom is -0.325 e. The van der Waals surface area contributed by atoms with Gasteiger partial charge in [-0.3, -0.25) is 4.79 Å². The van der Waals surface area contributed by atoms with Gasteiger partial charge >= 0.3 is 0 Å². The van der Waals surface area contributed by atoms with Gasteiger partial charge in [-0.2, -0.15) is 0 Å². The Morgan fingerprint density at radius 1 is 0.778 bits per heavy atom. The first-order valence-corrected chi connectivity index (χ1v) is 9.18. The van der Waals surface area contributed by atoms with Crippen molar-refractivity contribution in [1.82, 2.24) is 0 Å². The maximum Gasteiger partial charge on any atom is 0.229 e. The van der Waals surface area contributed by atoms with Crippen LogP contribution >= 0.6 is 0 Å². The van der Waals surface area contributed by atoms with Crippen molar-refractivity contribution in [2.75, 3.05) is 5.32 Å². The fourth-order valence-electron chi connectivity index (χ4n) is 2.79. The topological polar surface area (TPSA) is 29.1 Å². The molecule has 0 fully saturated rings. The van der Waals surface area contributed by atoms with Gasteiger partial charge < -0.3 is 5.32 Å². The molecule has 0 aliphatic rings. The average Bonchev–Trinajstić information content (AvgIpc) is 2.67. The van der Waals surface area contributed by atoms with Crippen molar-refractivity contribution >= 4 is 23.2 Å². The highest BCUT2D eigenvalue weighted by molar-refractivity contribution is 6.01. The lowest BCUT2D eigenvalue weighted by atomic mass is 9.92. The first-order valence-electron chi connectivity index (χ1n) is 9.18. The summed E-state index contributed by atoms with van der Waals surface area (Å²) in [5.74, 6) is 0.00192. The SMILES string of the molecule is CC(C)(C)C(=O)Nc1ccccc1/C(=C/c1ccccc1)c1ccccc1. The van der Waals surface area contributed by atoms with Gasteiger partial charge in [0.15, 0.2) is 0 Å². The Bertz CT molecular complexity index is 935. The summed E-state index contributed by atoms with van der Waals surface area (Å²) in [5, 5.41) is 3.11. The quantitative estimate of drug-likeness (QED) is 0.550. The lowest BCUT2D eigenvalue weighted by molar-refractivity contribution is -0.123. The zero-order chi connectivity index (χ0) is 19.3. The Labute approximate surface area is 161 Å². The zero-order valence-corrected chi connectivity index (χ0v) is 16.1. The summed E-state index contributed by atoms with van der Waals surface area (Å²) in [4.78, 5) is 12.6. The van der Waals surface area contributed by atoms with Gasteiger partial charge in [0.05, 0.1) is 0 Å². The lowest BCUT2D eigenvalue weighted by Gasteiger charge is -2.20. The summed E-state index contributed by atoms with van der Waals surface area (Å²) < 4.78 is 0. The Morgan fingerprint density at radius 3 is 1.96 bits per heavy atom. The van der Waals surface area contributed by atoms with Gasteiger partial charge in [-0.05, 0) is 28.8 Å². The second-order valence-electron chi connectivity index (χ2n) is 7.58. The van der Waals surface area contributed by atoms with E-state index in [1.54, 1.807) is 0 Å². The molecule has 0 aromatic heterocycles. The Kier molecular flexibility index (Phi) is 5.56. The third kappa shape index (κ3) is 4.73. The number of hydrogen-bond acceptors (Lipinski definition) is 1. The van der Waals surface area contributed by atoms with Gasteiger partial charge in [0.1, 0.15) is 0 Å². The predicted molar refractivity (Wildman–Crippen MR) is 114 cm³/mol. The summed E-state index contributed by atoms with van der Waals surface area (Å²) in [6.07, 6.45) is 2.16. The summed E-state index contributed by atoms with van der Waals surface area (Å²) in [7, 11) is 0. The highest BCUT2D eigenvalue weighted by Crippen LogP contribution is 2.32. The lowest BCUT2D eigenvalue weighted by Crippen LogP contribution is -2.28. The van der Waals surface area contributed by atoms with Crippen LogP contribution in [0.4, 0.5) is 5.69 Å². The molecule has 0 saturated carbocycles. The molecular weight excluding hydrogens is 330 g/mol. The molecule has 2 heteroatoms. The number of para-hydroxylation sites is 1. The molecule has 136 valence electrons. The minimum absolute atomic E-state index is 0.00192. The van der Waals surface area contributed by atoms with Crippen LogP contribution < -0.4 is 5.32 Å². The van der Waals surface area contributed by atoms with Crippen LogP contribution in [0.3, 0.4) is 0 Å². The van der Waals surface area contributed by atoms with E-state index >= 15 is 0 Å². The van der Waals surface area contributed by atoms with Crippen LogP contribution in [0, 0.1) is 5.41 Å². The van der Waals surface area contributed by atoms with Gasteiger partial charge in [0, 0.05) is 16.7 Å². The van der Waals surface area contributed by atoms with Gasteiger partial charge in [-0.25, -0.2) is 0 Å². The van der Waals surface area contributed by atoms with Crippen molar-refractivity contribution in [3.05, 3.63) is 102 Å². The van der Waals surface area contributed by atoms with E-state index in [9.17, 15) is 4.79 Å². The number of nitrogens with one attached hydrogen (secondary N) is 1. The van der Waals surface area contributed by atoms with E-state index in [1.807, 2.05) is 75.4 Å². The van der Waals surface area contributed by atoms with Gasteiger partial charge in [0.25, 0.3) is 0 Å². The highest BCUT2D eigenvalue weighted by atomic mass is 16.2. The number of anilines is 1. The molecule has 3 rings (SSSR count). The number of benzene rings is 3. The van der Waals surface area contributed by atoms with Crippen molar-refractivity contribution in [2.24, 2.45) is 5.41 Å². The zero-order valence-electron chi connectivity index (χ0n) is 16.1. The maximum absolute atomic E-state index is 12.6. The van der Waals surface area contributed by atoms with E-state index < -0.39 is 5.41 Å². The number of rotatable bonds is 4. The van der Waals surface area contributed by atoms with Crippen LogP contribution in [-0.2, 0) is 4.79 Å². The summed E-state index contributed by atoms with van der Waals surface area (Å²) in [6, 6.07) is 28.5. The van der Waals surface area contributed by atoms with E-state index in [1.165, 1.54) is 0 Å². The molecule has 3 aromatic carbocycles. The molecular formula is C25H25NO. The molecule has 0 saturated heterocycles. The molecule has 0 aliphatic carbocycles. The molecule has 1 amide bonds. The molecule has 2 nitrogen and oxygen atoms in total. The fraction of sp³-hybridized carbons (Fsp3) is 0.160. The first kappa shape index (κ1) is 18.7. The van der Waals surface area contributed by atoms with Crippen molar-refractivity contribution in [2.45, 2.75) is 20.8 Å². The van der Waals surface area contributed by atoms with E-state index in [2.05, 4.69) is 41.7 Å². The molecule has 0 spiro atoms. The van der Waals surface area contributed by atoms with Crippen LogP contribution in [0.5, 0.6) is 0 Å². The molecule has 0 bridgehead atoms. The van der Waals surface area contributed by atoms with Crippen molar-refractivity contribution < 1.29 is 4.79 Å². The summed E-state index contributed by atoms with van der Waals surface area (Å²) in [5.41, 5.74) is 4.68. The Hall–Kier alpha value is -3.13. The van der Waals surface area contributed by atoms with Crippen LogP contribution in [0.1, 0.15) is 37.5 Å². The van der Waals surface area contributed by atoms with Crippen molar-refractivity contribution in [1.29, 1.82) is 0 Å². The molecule has 0 heterocycles. The third-order valence-corrected chi connectivity index (χ3v) is 4.34. The standard InChI is InChI=1S/C25H25NO/c1-25(2,3)24(27)26-23-17-11-10-16-21(23)22(20-14-8-5-9-15-20)18-19-12-6-4-7-13-19/h4-18H,1-3H3,(H,26,27)/b22-18+. The van der Waals surface area contributed by atoms with Gasteiger partial charge in [0.2, 0.25) is 5.91 Å². The average molecular weight is 355 g/mol. The smallest absolute Gasteiger partial charge is 0.229 e. The molecule has 3 aromatic rings. The van der Waals surface area contributed by atoms with Crippen molar-refractivity contribution in [3.8, 4) is 0 Å². The summed E-state index contributed by atoms with van der Waals surface area (Å²) >= 11 is 0. The van der Waals surface area contributed by atoms with E-state index in [0.717, 1.165) is 28.0 Å². The van der Waals surface area contributed by atoms with Crippen LogP contribution in [0.15, 0.2) is 84.9 Å². The molecule has 0 atom stereocenters. The fourth-order valence-corrected chi connectivity index (χ4v) is 2.79. The highest BCUT2D eigenvalue weighted by Gasteiger charge is 2.22. The number of hydrogen-bond donors (Lipinski definition) is 1. The summed E-state index contributed by atoms with van der Waals surface area (Å²) in [6.45, 7) is 5.76.